The summed E-state index contributed by atoms with van der Waals surface area (Å²) in [4.78, 5) is 28.9. The Morgan fingerprint density at radius 2 is 2.08 bits per heavy atom. The molecule has 0 spiro atoms. The van der Waals surface area contributed by atoms with E-state index in [0.717, 1.165) is 25.1 Å². The third-order valence-corrected chi connectivity index (χ3v) is 4.43. The van der Waals surface area contributed by atoms with E-state index in [0.29, 0.717) is 28.7 Å². The maximum Gasteiger partial charge on any atom is 0.338 e. The molecular weight excluding hydrogens is 344 g/mol. The summed E-state index contributed by atoms with van der Waals surface area (Å²) in [7, 11) is 0. The highest BCUT2D eigenvalue weighted by Crippen LogP contribution is 2.33. The van der Waals surface area contributed by atoms with Gasteiger partial charge in [0.15, 0.2) is 5.15 Å². The first-order valence-corrected chi connectivity index (χ1v) is 9.02. The van der Waals surface area contributed by atoms with Crippen LogP contribution in [0, 0.1) is 0 Å². The molecule has 25 heavy (non-hydrogen) atoms. The fourth-order valence-electron chi connectivity index (χ4n) is 3.01. The maximum atomic E-state index is 12.4. The summed E-state index contributed by atoms with van der Waals surface area (Å²) in [5, 5.41) is 5.71. The highest BCUT2D eigenvalue weighted by molar-refractivity contribution is 6.30. The van der Waals surface area contributed by atoms with Gasteiger partial charge in [-0.3, -0.25) is 0 Å². The van der Waals surface area contributed by atoms with E-state index in [1.807, 2.05) is 11.5 Å². The van der Waals surface area contributed by atoms with Gasteiger partial charge in [0.2, 0.25) is 0 Å². The lowest BCUT2D eigenvalue weighted by molar-refractivity contribution is -0.139. The number of allylic oxidation sites excluding steroid dienone is 1. The quantitative estimate of drug-likeness (QED) is 0.724. The number of carbonyl (C=O) groups is 2. The molecule has 2 heterocycles. The van der Waals surface area contributed by atoms with Crippen molar-refractivity contribution in [3.05, 3.63) is 27.9 Å². The smallest absolute Gasteiger partial charge is 0.338 e. The maximum absolute atomic E-state index is 12.4. The van der Waals surface area contributed by atoms with E-state index in [9.17, 15) is 9.59 Å². The van der Waals surface area contributed by atoms with Crippen LogP contribution in [0.5, 0.6) is 0 Å². The number of esters is 1. The van der Waals surface area contributed by atoms with E-state index in [1.54, 1.807) is 13.8 Å². The first-order chi connectivity index (χ1) is 11.9. The van der Waals surface area contributed by atoms with E-state index >= 15 is 0 Å². The molecule has 0 radical (unpaired) electrons. The Balaban J connectivity index is 2.53. The van der Waals surface area contributed by atoms with Gasteiger partial charge in [0.1, 0.15) is 11.9 Å². The van der Waals surface area contributed by atoms with Gasteiger partial charge in [-0.2, -0.15) is 0 Å². The Labute approximate surface area is 152 Å². The molecule has 1 aromatic rings. The van der Waals surface area contributed by atoms with Gasteiger partial charge in [-0.1, -0.05) is 24.9 Å². The van der Waals surface area contributed by atoms with E-state index in [2.05, 4.69) is 22.5 Å². The van der Waals surface area contributed by atoms with E-state index in [4.69, 9.17) is 16.3 Å². The number of carbonyl (C=O) groups excluding carboxylic acids is 2. The molecule has 2 rings (SSSR count). The van der Waals surface area contributed by atoms with Gasteiger partial charge in [0.05, 0.1) is 17.9 Å². The second-order valence-corrected chi connectivity index (χ2v) is 6.20. The summed E-state index contributed by atoms with van der Waals surface area (Å²) in [5.74, 6) is 0.380. The number of ether oxygens (including phenoxy) is 1. The second kappa shape index (κ2) is 8.38. The summed E-state index contributed by atoms with van der Waals surface area (Å²) >= 11 is 6.41. The lowest BCUT2D eigenvalue weighted by Gasteiger charge is -2.28. The van der Waals surface area contributed by atoms with Crippen LogP contribution in [0.4, 0.5) is 4.79 Å². The number of amides is 2. The third-order valence-electron chi connectivity index (χ3n) is 4.15. The van der Waals surface area contributed by atoms with Crippen molar-refractivity contribution in [2.75, 3.05) is 6.61 Å². The standard InChI is InChI=1S/C17H25ClN4O3/c1-5-8-9-11-20-15(18)14(22(11)6-2)13-12(16(23)25-7-3)10(4)19-17(24)21-13/h13H,5-9H2,1-4H3,(H2,19,21,24). The summed E-state index contributed by atoms with van der Waals surface area (Å²) in [6, 6.07) is -1.08. The van der Waals surface area contributed by atoms with Crippen LogP contribution in [0.2, 0.25) is 5.15 Å². The molecule has 0 saturated heterocycles. The number of urea groups is 1. The minimum atomic E-state index is -0.692. The number of nitrogens with zero attached hydrogens (tertiary/aromatic N) is 2. The van der Waals surface area contributed by atoms with Crippen molar-refractivity contribution in [3.8, 4) is 0 Å². The van der Waals surface area contributed by atoms with Crippen LogP contribution in [0.3, 0.4) is 0 Å². The normalized spacial score (nSPS) is 17.3. The van der Waals surface area contributed by atoms with Gasteiger partial charge < -0.3 is 19.9 Å². The van der Waals surface area contributed by atoms with Crippen molar-refractivity contribution in [3.63, 3.8) is 0 Å². The number of nitrogens with one attached hydrogen (secondary N) is 2. The van der Waals surface area contributed by atoms with Crippen molar-refractivity contribution >= 4 is 23.6 Å². The molecule has 1 aromatic heterocycles. The van der Waals surface area contributed by atoms with E-state index < -0.39 is 12.0 Å². The predicted molar refractivity (Wildman–Crippen MR) is 95.3 cm³/mol. The van der Waals surface area contributed by atoms with Gasteiger partial charge in [-0.25, -0.2) is 14.6 Å². The van der Waals surface area contributed by atoms with Crippen LogP contribution in [0.25, 0.3) is 0 Å². The van der Waals surface area contributed by atoms with Crippen molar-refractivity contribution < 1.29 is 14.3 Å². The molecule has 1 aliphatic rings. The van der Waals surface area contributed by atoms with Crippen LogP contribution >= 0.6 is 11.6 Å². The Morgan fingerprint density at radius 1 is 1.36 bits per heavy atom. The molecule has 1 aliphatic heterocycles. The number of unbranched alkanes of at least 4 members (excludes halogenated alkanes) is 1. The lowest BCUT2D eigenvalue weighted by Crippen LogP contribution is -2.46. The number of hydrogen-bond acceptors (Lipinski definition) is 4. The Bertz CT molecular complexity index is 696. The zero-order valence-electron chi connectivity index (χ0n) is 15.1. The summed E-state index contributed by atoms with van der Waals surface area (Å²) in [6.07, 6.45) is 2.83. The average molecular weight is 369 g/mol. The highest BCUT2D eigenvalue weighted by atomic mass is 35.5. The van der Waals surface area contributed by atoms with Crippen LogP contribution in [-0.4, -0.2) is 28.2 Å². The highest BCUT2D eigenvalue weighted by Gasteiger charge is 2.36. The fraction of sp³-hybridized carbons (Fsp3) is 0.588. The Hall–Kier alpha value is -2.02. The number of halogens is 1. The largest absolute Gasteiger partial charge is 0.463 e. The van der Waals surface area contributed by atoms with Crippen LogP contribution in [0.1, 0.15) is 58.1 Å². The van der Waals surface area contributed by atoms with Crippen molar-refractivity contribution in [2.45, 2.75) is 59.5 Å². The molecule has 1 atom stereocenters. The van der Waals surface area contributed by atoms with E-state index in [1.165, 1.54) is 0 Å². The van der Waals surface area contributed by atoms with Gasteiger partial charge in [0, 0.05) is 18.7 Å². The Kier molecular flexibility index (Phi) is 6.47. The van der Waals surface area contributed by atoms with Crippen LogP contribution in [0.15, 0.2) is 11.3 Å². The first-order valence-electron chi connectivity index (χ1n) is 8.64. The fourth-order valence-corrected chi connectivity index (χ4v) is 3.32. The molecule has 7 nitrogen and oxygen atoms in total. The van der Waals surface area contributed by atoms with Gasteiger partial charge in [-0.05, 0) is 27.2 Å². The monoisotopic (exact) mass is 368 g/mol. The molecule has 0 aliphatic carbocycles. The topological polar surface area (TPSA) is 85.2 Å². The molecular formula is C17H25ClN4O3. The van der Waals surface area contributed by atoms with Crippen molar-refractivity contribution in [2.24, 2.45) is 0 Å². The van der Waals surface area contributed by atoms with Crippen molar-refractivity contribution in [1.82, 2.24) is 20.2 Å². The number of rotatable bonds is 7. The third kappa shape index (κ3) is 3.98. The molecule has 2 amide bonds. The Morgan fingerprint density at radius 3 is 2.68 bits per heavy atom. The number of aromatic nitrogens is 2. The summed E-state index contributed by atoms with van der Waals surface area (Å²) in [5.41, 5.74) is 1.43. The molecule has 0 fully saturated rings. The summed E-state index contributed by atoms with van der Waals surface area (Å²) in [6.45, 7) is 8.41. The van der Waals surface area contributed by atoms with Crippen LogP contribution in [-0.2, 0) is 22.5 Å². The predicted octanol–water partition coefficient (Wildman–Crippen LogP) is 3.09. The lowest BCUT2D eigenvalue weighted by atomic mass is 10.00. The number of aryl methyl sites for hydroxylation is 1. The molecule has 0 saturated carbocycles. The van der Waals surface area contributed by atoms with Gasteiger partial charge in [0.25, 0.3) is 0 Å². The van der Waals surface area contributed by atoms with Crippen molar-refractivity contribution in [1.29, 1.82) is 0 Å². The molecule has 1 unspecified atom stereocenters. The molecule has 2 N–H and O–H groups in total. The zero-order valence-corrected chi connectivity index (χ0v) is 15.9. The molecule has 138 valence electrons. The van der Waals surface area contributed by atoms with Crippen LogP contribution < -0.4 is 10.6 Å². The summed E-state index contributed by atoms with van der Waals surface area (Å²) < 4.78 is 7.14. The first kappa shape index (κ1) is 19.3. The number of hydrogen-bond donors (Lipinski definition) is 2. The van der Waals surface area contributed by atoms with Gasteiger partial charge in [-0.15, -0.1) is 0 Å². The molecule has 0 aromatic carbocycles. The average Bonchev–Trinajstić information content (AvgIpc) is 2.87. The zero-order chi connectivity index (χ0) is 18.6. The minimum Gasteiger partial charge on any atom is -0.463 e. The number of imidazole rings is 1. The molecule has 8 heteroatoms. The van der Waals surface area contributed by atoms with Gasteiger partial charge >= 0.3 is 12.0 Å². The molecule has 0 bridgehead atoms. The second-order valence-electron chi connectivity index (χ2n) is 5.84. The van der Waals surface area contributed by atoms with E-state index in [-0.39, 0.29) is 12.6 Å². The minimum absolute atomic E-state index is 0.249. The SMILES string of the molecule is CCCCc1nc(Cl)c(C2NC(=O)NC(C)=C2C(=O)OCC)n1CC.